The van der Waals surface area contributed by atoms with Gasteiger partial charge >= 0.3 is 0 Å². The number of rotatable bonds is 3. The monoisotopic (exact) mass is 420 g/mol. The zero-order valence-corrected chi connectivity index (χ0v) is 16.7. The lowest BCUT2D eigenvalue weighted by molar-refractivity contribution is 0.100. The Morgan fingerprint density at radius 3 is 2.52 bits per heavy atom. The normalized spacial score (nSPS) is 24.9. The Hall–Kier alpha value is -1.83. The molecule has 2 aliphatic heterocycles. The van der Waals surface area contributed by atoms with Gasteiger partial charge in [-0.15, -0.1) is 0 Å². The molecule has 2 atom stereocenters. The van der Waals surface area contributed by atoms with Gasteiger partial charge in [-0.25, -0.2) is 8.42 Å². The van der Waals surface area contributed by atoms with Crippen molar-refractivity contribution in [2.75, 3.05) is 11.5 Å². The van der Waals surface area contributed by atoms with Crippen molar-refractivity contribution < 1.29 is 13.2 Å². The lowest BCUT2D eigenvalue weighted by atomic mass is 10.1. The molecule has 2 aromatic carbocycles. The van der Waals surface area contributed by atoms with Crippen molar-refractivity contribution in [3.05, 3.63) is 70.7 Å². The van der Waals surface area contributed by atoms with E-state index in [4.69, 9.17) is 11.6 Å². The fourth-order valence-corrected chi connectivity index (χ4v) is 7.41. The molecule has 140 valence electrons. The van der Waals surface area contributed by atoms with Crippen LogP contribution in [0, 0.1) is 0 Å². The van der Waals surface area contributed by atoms with Crippen LogP contribution in [0.1, 0.15) is 15.9 Å². The van der Waals surface area contributed by atoms with E-state index in [0.717, 1.165) is 5.56 Å². The van der Waals surface area contributed by atoms with E-state index in [9.17, 15) is 13.2 Å². The summed E-state index contributed by atoms with van der Waals surface area (Å²) in [7, 11) is -3.07. The number of benzene rings is 2. The van der Waals surface area contributed by atoms with Gasteiger partial charge in [0.15, 0.2) is 15.0 Å². The van der Waals surface area contributed by atoms with E-state index >= 15 is 0 Å². The van der Waals surface area contributed by atoms with E-state index in [1.54, 1.807) is 36.4 Å². The first-order valence-corrected chi connectivity index (χ1v) is 11.6. The standard InChI is InChI=1S/C19H17ClN2O3S2/c20-15-8-6-13(7-9-15)10-22-16-11-27(24,25)12-17(16)26-19(22)21-18(23)14-4-2-1-3-5-14/h1-9,16-17H,10-12H2/t16-,17-/m1/s1. The van der Waals surface area contributed by atoms with Crippen molar-refractivity contribution >= 4 is 44.3 Å². The number of hydrogen-bond donors (Lipinski definition) is 0. The molecule has 8 heteroatoms. The van der Waals surface area contributed by atoms with Crippen LogP contribution in [0.4, 0.5) is 0 Å². The number of sulfone groups is 1. The topological polar surface area (TPSA) is 66.8 Å². The molecule has 2 heterocycles. The number of aliphatic imine (C=N–C) groups is 1. The van der Waals surface area contributed by atoms with Crippen LogP contribution in [0.25, 0.3) is 0 Å². The van der Waals surface area contributed by atoms with Gasteiger partial charge in [0, 0.05) is 22.4 Å². The summed E-state index contributed by atoms with van der Waals surface area (Å²) < 4.78 is 24.1. The van der Waals surface area contributed by atoms with Crippen molar-refractivity contribution in [3.8, 4) is 0 Å². The second-order valence-corrected chi connectivity index (χ2v) is 10.4. The molecule has 0 aliphatic carbocycles. The Balaban J connectivity index is 1.64. The van der Waals surface area contributed by atoms with Crippen LogP contribution in [-0.4, -0.2) is 47.2 Å². The average molecular weight is 421 g/mol. The first kappa shape index (κ1) is 18.5. The molecule has 0 aromatic heterocycles. The molecule has 0 bridgehead atoms. The van der Waals surface area contributed by atoms with Crippen LogP contribution in [0.2, 0.25) is 5.02 Å². The first-order valence-electron chi connectivity index (χ1n) is 8.47. The van der Waals surface area contributed by atoms with E-state index in [-0.39, 0.29) is 28.7 Å². The molecular weight excluding hydrogens is 404 g/mol. The Labute approximate surface area is 167 Å². The van der Waals surface area contributed by atoms with Gasteiger partial charge in [-0.3, -0.25) is 4.79 Å². The minimum Gasteiger partial charge on any atom is -0.342 e. The van der Waals surface area contributed by atoms with Crippen LogP contribution in [0.3, 0.4) is 0 Å². The Morgan fingerprint density at radius 1 is 1.11 bits per heavy atom. The number of thioether (sulfide) groups is 1. The Kier molecular flexibility index (Phi) is 5.01. The second kappa shape index (κ2) is 7.30. The largest absolute Gasteiger partial charge is 0.342 e. The zero-order chi connectivity index (χ0) is 19.0. The summed E-state index contributed by atoms with van der Waals surface area (Å²) in [6.07, 6.45) is 0. The van der Waals surface area contributed by atoms with Gasteiger partial charge in [-0.05, 0) is 29.8 Å². The van der Waals surface area contributed by atoms with E-state index in [0.29, 0.717) is 22.3 Å². The van der Waals surface area contributed by atoms with E-state index in [1.807, 2.05) is 23.1 Å². The van der Waals surface area contributed by atoms with E-state index in [2.05, 4.69) is 4.99 Å². The predicted molar refractivity (Wildman–Crippen MR) is 109 cm³/mol. The Bertz CT molecular complexity index is 991. The highest BCUT2D eigenvalue weighted by Gasteiger charge is 2.48. The van der Waals surface area contributed by atoms with Gasteiger partial charge in [0.1, 0.15) is 0 Å². The molecule has 0 unspecified atom stereocenters. The van der Waals surface area contributed by atoms with Crippen molar-refractivity contribution in [2.24, 2.45) is 4.99 Å². The number of nitrogens with zero attached hydrogens (tertiary/aromatic N) is 2. The molecule has 0 saturated carbocycles. The van der Waals surface area contributed by atoms with E-state index < -0.39 is 9.84 Å². The third-order valence-corrected chi connectivity index (χ3v) is 8.16. The molecule has 5 nitrogen and oxygen atoms in total. The molecule has 0 radical (unpaired) electrons. The summed E-state index contributed by atoms with van der Waals surface area (Å²) in [5.74, 6) is -0.100. The van der Waals surface area contributed by atoms with Crippen LogP contribution in [0.5, 0.6) is 0 Å². The average Bonchev–Trinajstić information content (AvgIpc) is 3.10. The van der Waals surface area contributed by atoms with Gasteiger partial charge in [0.25, 0.3) is 5.91 Å². The van der Waals surface area contributed by atoms with Gasteiger partial charge in [0.2, 0.25) is 0 Å². The molecule has 0 N–H and O–H groups in total. The third-order valence-electron chi connectivity index (χ3n) is 4.66. The van der Waals surface area contributed by atoms with Crippen LogP contribution in [-0.2, 0) is 16.4 Å². The van der Waals surface area contributed by atoms with Crippen molar-refractivity contribution in [2.45, 2.75) is 17.8 Å². The summed E-state index contributed by atoms with van der Waals surface area (Å²) >= 11 is 7.34. The van der Waals surface area contributed by atoms with Gasteiger partial charge < -0.3 is 4.90 Å². The number of amides is 1. The number of halogens is 1. The number of fused-ring (bicyclic) bond motifs is 1. The van der Waals surface area contributed by atoms with Crippen molar-refractivity contribution in [1.29, 1.82) is 0 Å². The quantitative estimate of drug-likeness (QED) is 0.762. The van der Waals surface area contributed by atoms with Crippen molar-refractivity contribution in [1.82, 2.24) is 4.90 Å². The van der Waals surface area contributed by atoms with Crippen molar-refractivity contribution in [3.63, 3.8) is 0 Å². The smallest absolute Gasteiger partial charge is 0.279 e. The SMILES string of the molecule is O=C(N=C1S[C@@H]2CS(=O)(=O)C[C@H]2N1Cc1ccc(Cl)cc1)c1ccccc1. The zero-order valence-electron chi connectivity index (χ0n) is 14.3. The molecule has 2 aromatic rings. The highest BCUT2D eigenvalue weighted by molar-refractivity contribution is 8.15. The minimum absolute atomic E-state index is 0.0929. The highest BCUT2D eigenvalue weighted by Crippen LogP contribution is 2.39. The van der Waals surface area contributed by atoms with E-state index in [1.165, 1.54) is 11.8 Å². The first-order chi connectivity index (χ1) is 12.9. The molecule has 2 saturated heterocycles. The number of hydrogen-bond acceptors (Lipinski definition) is 4. The van der Waals surface area contributed by atoms with Crippen LogP contribution >= 0.6 is 23.4 Å². The van der Waals surface area contributed by atoms with Gasteiger partial charge in [-0.2, -0.15) is 4.99 Å². The van der Waals surface area contributed by atoms with Crippen LogP contribution < -0.4 is 0 Å². The summed E-state index contributed by atoms with van der Waals surface area (Å²) in [6, 6.07) is 16.1. The van der Waals surface area contributed by atoms with Gasteiger partial charge in [0.05, 0.1) is 17.5 Å². The highest BCUT2D eigenvalue weighted by atomic mass is 35.5. The lowest BCUT2D eigenvalue weighted by Gasteiger charge is -2.24. The Morgan fingerprint density at radius 2 is 1.81 bits per heavy atom. The summed E-state index contributed by atoms with van der Waals surface area (Å²) in [5, 5.41) is 1.14. The predicted octanol–water partition coefficient (Wildman–Crippen LogP) is 3.25. The molecule has 0 spiro atoms. The molecule has 4 rings (SSSR count). The molecule has 1 amide bonds. The molecule has 2 aliphatic rings. The molecular formula is C19H17ClN2O3S2. The van der Waals surface area contributed by atoms with Crippen LogP contribution in [0.15, 0.2) is 59.6 Å². The fourth-order valence-electron chi connectivity index (χ4n) is 3.34. The maximum atomic E-state index is 12.5. The third kappa shape index (κ3) is 4.05. The number of carbonyl (C=O) groups excluding carboxylic acids is 1. The summed E-state index contributed by atoms with van der Waals surface area (Å²) in [5.41, 5.74) is 1.51. The number of amidine groups is 1. The summed E-state index contributed by atoms with van der Waals surface area (Å²) in [4.78, 5) is 18.8. The maximum absolute atomic E-state index is 12.5. The molecule has 27 heavy (non-hydrogen) atoms. The van der Waals surface area contributed by atoms with Gasteiger partial charge in [-0.1, -0.05) is 53.7 Å². The minimum atomic E-state index is -3.07. The summed E-state index contributed by atoms with van der Waals surface area (Å²) in [6.45, 7) is 0.488. The molecule has 2 fully saturated rings. The number of carbonyl (C=O) groups is 1. The maximum Gasteiger partial charge on any atom is 0.279 e. The lowest BCUT2D eigenvalue weighted by Crippen LogP contribution is -2.37. The fraction of sp³-hybridized carbons (Fsp3) is 0.263. The second-order valence-electron chi connectivity index (χ2n) is 6.62.